The number of hydrogen-bond donors (Lipinski definition) is 1. The van der Waals surface area contributed by atoms with E-state index < -0.39 is 0 Å². The summed E-state index contributed by atoms with van der Waals surface area (Å²) in [4.78, 5) is 26.1. The van der Waals surface area contributed by atoms with E-state index in [0.29, 0.717) is 19.1 Å². The van der Waals surface area contributed by atoms with Crippen LogP contribution in [0.4, 0.5) is 0 Å². The summed E-state index contributed by atoms with van der Waals surface area (Å²) >= 11 is 0. The van der Waals surface area contributed by atoms with E-state index in [-0.39, 0.29) is 29.9 Å². The predicted molar refractivity (Wildman–Crippen MR) is 64.8 cm³/mol. The lowest BCUT2D eigenvalue weighted by Crippen LogP contribution is -2.65. The standard InChI is InChI=1S/C13H20N2O3/c1-13(4-6-18-7-5-13)15-8-10(16)14-11(12(15)17)9-2-3-9/h9,11H,2-8H2,1H3,(H,14,16). The molecule has 5 heteroatoms. The lowest BCUT2D eigenvalue weighted by molar-refractivity contribution is -0.154. The molecule has 0 spiro atoms. The highest BCUT2D eigenvalue weighted by Crippen LogP contribution is 2.37. The Morgan fingerprint density at radius 3 is 2.56 bits per heavy atom. The minimum atomic E-state index is -0.272. The van der Waals surface area contributed by atoms with Crippen LogP contribution >= 0.6 is 0 Å². The van der Waals surface area contributed by atoms with Crippen molar-refractivity contribution in [1.29, 1.82) is 0 Å². The van der Waals surface area contributed by atoms with E-state index in [4.69, 9.17) is 4.74 Å². The van der Waals surface area contributed by atoms with Gasteiger partial charge in [-0.05, 0) is 38.5 Å². The molecule has 2 saturated heterocycles. The van der Waals surface area contributed by atoms with Gasteiger partial charge >= 0.3 is 0 Å². The second-order valence-corrected chi connectivity index (χ2v) is 5.92. The van der Waals surface area contributed by atoms with E-state index in [1.807, 2.05) is 0 Å². The molecular weight excluding hydrogens is 232 g/mol. The van der Waals surface area contributed by atoms with E-state index in [1.165, 1.54) is 0 Å². The summed E-state index contributed by atoms with van der Waals surface area (Å²) in [5.74, 6) is 0.466. The van der Waals surface area contributed by atoms with Crippen molar-refractivity contribution in [3.05, 3.63) is 0 Å². The lowest BCUT2D eigenvalue weighted by atomic mass is 9.88. The fourth-order valence-corrected chi connectivity index (χ4v) is 2.96. The number of rotatable bonds is 2. The Bertz CT molecular complexity index is 372. The Morgan fingerprint density at radius 1 is 1.28 bits per heavy atom. The van der Waals surface area contributed by atoms with E-state index in [1.54, 1.807) is 4.90 Å². The molecule has 3 fully saturated rings. The smallest absolute Gasteiger partial charge is 0.246 e. The van der Waals surface area contributed by atoms with Gasteiger partial charge in [-0.1, -0.05) is 0 Å². The van der Waals surface area contributed by atoms with Crippen LogP contribution < -0.4 is 5.32 Å². The molecule has 1 atom stereocenters. The van der Waals surface area contributed by atoms with Gasteiger partial charge in [0.1, 0.15) is 12.6 Å². The van der Waals surface area contributed by atoms with E-state index in [2.05, 4.69) is 12.2 Å². The second-order valence-electron chi connectivity index (χ2n) is 5.92. The third-order valence-electron chi connectivity index (χ3n) is 4.47. The number of hydrogen-bond acceptors (Lipinski definition) is 3. The average Bonchev–Trinajstić information content (AvgIpc) is 3.16. The highest BCUT2D eigenvalue weighted by molar-refractivity contribution is 5.95. The first-order valence-corrected chi connectivity index (χ1v) is 6.79. The summed E-state index contributed by atoms with van der Waals surface area (Å²) in [6.45, 7) is 3.64. The molecule has 3 rings (SSSR count). The first-order chi connectivity index (χ1) is 8.60. The fraction of sp³-hybridized carbons (Fsp3) is 0.846. The number of amides is 2. The number of piperazine rings is 1. The zero-order chi connectivity index (χ0) is 12.8. The van der Waals surface area contributed by atoms with Crippen LogP contribution in [-0.2, 0) is 14.3 Å². The molecule has 1 unspecified atom stereocenters. The monoisotopic (exact) mass is 252 g/mol. The lowest BCUT2D eigenvalue weighted by Gasteiger charge is -2.47. The summed E-state index contributed by atoms with van der Waals surface area (Å²) in [5.41, 5.74) is -0.208. The van der Waals surface area contributed by atoms with Gasteiger partial charge in [0.2, 0.25) is 11.8 Å². The van der Waals surface area contributed by atoms with Gasteiger partial charge in [-0.3, -0.25) is 9.59 Å². The molecule has 3 aliphatic rings. The molecule has 1 saturated carbocycles. The normalized spacial score (nSPS) is 32.3. The maximum atomic E-state index is 12.5. The van der Waals surface area contributed by atoms with Gasteiger partial charge < -0.3 is 15.0 Å². The van der Waals surface area contributed by atoms with Crippen LogP contribution in [0.3, 0.4) is 0 Å². The summed E-state index contributed by atoms with van der Waals surface area (Å²) in [5, 5.41) is 2.85. The number of carbonyl (C=O) groups is 2. The van der Waals surface area contributed by atoms with Crippen molar-refractivity contribution in [2.24, 2.45) is 5.92 Å². The van der Waals surface area contributed by atoms with Crippen molar-refractivity contribution >= 4 is 11.8 Å². The van der Waals surface area contributed by atoms with Crippen LogP contribution in [0.25, 0.3) is 0 Å². The Balaban J connectivity index is 1.80. The molecule has 0 aromatic rings. The third-order valence-corrected chi connectivity index (χ3v) is 4.47. The van der Waals surface area contributed by atoms with Gasteiger partial charge in [0.25, 0.3) is 0 Å². The molecule has 1 aliphatic carbocycles. The summed E-state index contributed by atoms with van der Waals surface area (Å²) < 4.78 is 5.37. The Kier molecular flexibility index (Phi) is 2.81. The topological polar surface area (TPSA) is 58.6 Å². The van der Waals surface area contributed by atoms with Crippen LogP contribution in [0.15, 0.2) is 0 Å². The molecule has 2 amide bonds. The molecule has 18 heavy (non-hydrogen) atoms. The van der Waals surface area contributed by atoms with Crippen molar-refractivity contribution < 1.29 is 14.3 Å². The largest absolute Gasteiger partial charge is 0.381 e. The Hall–Kier alpha value is -1.10. The Labute approximate surface area is 107 Å². The molecule has 2 aliphatic heterocycles. The fourth-order valence-electron chi connectivity index (χ4n) is 2.96. The quantitative estimate of drug-likeness (QED) is 0.768. The van der Waals surface area contributed by atoms with Crippen LogP contribution in [-0.4, -0.2) is 48.1 Å². The highest BCUT2D eigenvalue weighted by Gasteiger charge is 2.48. The second kappa shape index (κ2) is 4.23. The molecule has 1 N–H and O–H groups in total. The molecule has 0 aromatic carbocycles. The van der Waals surface area contributed by atoms with Gasteiger partial charge in [0.15, 0.2) is 0 Å². The number of nitrogens with one attached hydrogen (secondary N) is 1. The maximum Gasteiger partial charge on any atom is 0.246 e. The van der Waals surface area contributed by atoms with Gasteiger partial charge in [-0.25, -0.2) is 0 Å². The summed E-state index contributed by atoms with van der Waals surface area (Å²) in [6, 6.07) is -0.272. The average molecular weight is 252 g/mol. The number of ether oxygens (including phenoxy) is 1. The summed E-state index contributed by atoms with van der Waals surface area (Å²) in [7, 11) is 0. The highest BCUT2D eigenvalue weighted by atomic mass is 16.5. The zero-order valence-corrected chi connectivity index (χ0v) is 10.8. The van der Waals surface area contributed by atoms with Gasteiger partial charge in [0.05, 0.1) is 0 Å². The minimum Gasteiger partial charge on any atom is -0.381 e. The van der Waals surface area contributed by atoms with Crippen molar-refractivity contribution in [3.63, 3.8) is 0 Å². The zero-order valence-electron chi connectivity index (χ0n) is 10.8. The molecular formula is C13H20N2O3. The van der Waals surface area contributed by atoms with Crippen LogP contribution in [0.5, 0.6) is 0 Å². The van der Waals surface area contributed by atoms with Gasteiger partial charge in [-0.15, -0.1) is 0 Å². The molecule has 100 valence electrons. The van der Waals surface area contributed by atoms with Crippen LogP contribution in [0.1, 0.15) is 32.6 Å². The van der Waals surface area contributed by atoms with Crippen LogP contribution in [0.2, 0.25) is 0 Å². The minimum absolute atomic E-state index is 0.0146. The van der Waals surface area contributed by atoms with E-state index in [9.17, 15) is 9.59 Å². The van der Waals surface area contributed by atoms with Crippen molar-refractivity contribution in [1.82, 2.24) is 10.2 Å². The molecule has 2 heterocycles. The van der Waals surface area contributed by atoms with Crippen molar-refractivity contribution in [2.45, 2.75) is 44.2 Å². The van der Waals surface area contributed by atoms with E-state index >= 15 is 0 Å². The first kappa shape index (κ1) is 12.0. The molecule has 0 aromatic heterocycles. The summed E-state index contributed by atoms with van der Waals surface area (Å²) in [6.07, 6.45) is 3.77. The van der Waals surface area contributed by atoms with Gasteiger partial charge in [-0.2, -0.15) is 0 Å². The van der Waals surface area contributed by atoms with Crippen molar-refractivity contribution in [2.75, 3.05) is 19.8 Å². The molecule has 0 bridgehead atoms. The maximum absolute atomic E-state index is 12.5. The molecule has 0 radical (unpaired) electrons. The number of carbonyl (C=O) groups excluding carboxylic acids is 2. The SMILES string of the molecule is CC1(N2CC(=O)NC(C3CC3)C2=O)CCOCC1. The van der Waals surface area contributed by atoms with Crippen molar-refractivity contribution in [3.8, 4) is 0 Å². The van der Waals surface area contributed by atoms with Crippen LogP contribution in [0, 0.1) is 5.92 Å². The van der Waals surface area contributed by atoms with E-state index in [0.717, 1.165) is 25.7 Å². The first-order valence-electron chi connectivity index (χ1n) is 6.79. The molecule has 5 nitrogen and oxygen atoms in total. The predicted octanol–water partition coefficient (Wildman–Crippen LogP) is 0.293. The Morgan fingerprint density at radius 2 is 1.94 bits per heavy atom. The van der Waals surface area contributed by atoms with Gasteiger partial charge in [0, 0.05) is 18.8 Å². The third kappa shape index (κ3) is 2.00. The number of nitrogens with zero attached hydrogens (tertiary/aromatic N) is 1.